The Morgan fingerprint density at radius 2 is 2.09 bits per heavy atom. The smallest absolute Gasteiger partial charge is 0.381 e. The lowest BCUT2D eigenvalue weighted by molar-refractivity contribution is -0.193. The summed E-state index contributed by atoms with van der Waals surface area (Å²) in [7, 11) is 0. The maximum atomic E-state index is 14.1. The van der Waals surface area contributed by atoms with Crippen LogP contribution < -0.4 is 15.8 Å². The van der Waals surface area contributed by atoms with Gasteiger partial charge in [-0.25, -0.2) is 13.6 Å². The highest BCUT2D eigenvalue weighted by molar-refractivity contribution is 8.07. The van der Waals surface area contributed by atoms with Crippen LogP contribution in [0.25, 0.3) is 0 Å². The summed E-state index contributed by atoms with van der Waals surface area (Å²) >= 11 is 10.9. The molecule has 1 saturated heterocycles. The summed E-state index contributed by atoms with van der Waals surface area (Å²) in [5.74, 6) is 0.369. The van der Waals surface area contributed by atoms with Crippen molar-refractivity contribution in [3.8, 4) is 5.75 Å². The van der Waals surface area contributed by atoms with E-state index < -0.39 is 60.1 Å². The van der Waals surface area contributed by atoms with E-state index in [0.29, 0.717) is 15.9 Å². The Kier molecular flexibility index (Phi) is 6.29. The van der Waals surface area contributed by atoms with Gasteiger partial charge in [-0.15, -0.1) is 0 Å². The Morgan fingerprint density at radius 1 is 1.38 bits per heavy atom. The summed E-state index contributed by atoms with van der Waals surface area (Å²) in [5, 5.41) is 20.4. The second kappa shape index (κ2) is 8.58. The number of alkyl halides is 2. The maximum absolute atomic E-state index is 14.1. The van der Waals surface area contributed by atoms with E-state index in [4.69, 9.17) is 41.7 Å². The molecule has 1 aromatic heterocycles. The molecule has 0 radical (unpaired) electrons. The number of halogens is 3. The minimum Gasteiger partial charge on any atom is -0.424 e. The average molecular weight is 513 g/mol. The number of nitrogens with zero attached hydrogens (tertiary/aromatic N) is 1. The van der Waals surface area contributed by atoms with Crippen LogP contribution >= 0.6 is 18.3 Å². The molecule has 2 aliphatic rings. The van der Waals surface area contributed by atoms with Crippen LogP contribution in [0, 0.1) is 0 Å². The highest BCUT2D eigenvalue weighted by Crippen LogP contribution is 2.56. The Balaban J connectivity index is 1.60. The summed E-state index contributed by atoms with van der Waals surface area (Å²) in [5.41, 5.74) is -4.12. The molecule has 0 saturated carbocycles. The molecule has 0 aliphatic carbocycles. The van der Waals surface area contributed by atoms with Gasteiger partial charge in [0.25, 0.3) is 12.0 Å². The second-order valence-corrected chi connectivity index (χ2v) is 10.4. The number of fused-ring (bicyclic) bond motifs is 1. The number of aliphatic hydroxyl groups excluding tert-OH is 2. The van der Waals surface area contributed by atoms with Crippen LogP contribution in [-0.4, -0.2) is 50.6 Å². The van der Waals surface area contributed by atoms with Gasteiger partial charge in [0.05, 0.1) is 13.2 Å². The molecule has 174 valence electrons. The first-order valence-electron chi connectivity index (χ1n) is 9.06. The van der Waals surface area contributed by atoms with Gasteiger partial charge < -0.3 is 19.5 Å². The summed E-state index contributed by atoms with van der Waals surface area (Å²) in [6.07, 6.45) is -8.59. The van der Waals surface area contributed by atoms with Crippen molar-refractivity contribution in [2.75, 3.05) is 6.61 Å². The minimum atomic E-state index is -3.55. The Labute approximate surface area is 188 Å². The van der Waals surface area contributed by atoms with Gasteiger partial charge in [-0.05, 0) is 6.07 Å². The molecule has 0 spiro atoms. The van der Waals surface area contributed by atoms with Crippen LogP contribution in [0.1, 0.15) is 11.8 Å². The molecule has 5 atom stereocenters. The SMILES string of the molecule is O=c1[nH]c(=O)n([C@@H]2O[C@@](COP3(=S)OCc4ccccc4O3)(C(F)F)[C@@H](O)[C@H]2O)cc1Cl. The zero-order valence-electron chi connectivity index (χ0n) is 15.9. The third-order valence-corrected chi connectivity index (χ3v) is 7.47. The summed E-state index contributed by atoms with van der Waals surface area (Å²) < 4.78 is 50.5. The fourth-order valence-corrected chi connectivity index (χ4v) is 5.26. The summed E-state index contributed by atoms with van der Waals surface area (Å²) in [4.78, 5) is 25.4. The van der Waals surface area contributed by atoms with Crippen molar-refractivity contribution in [1.82, 2.24) is 9.55 Å². The van der Waals surface area contributed by atoms with E-state index in [9.17, 15) is 28.6 Å². The summed E-state index contributed by atoms with van der Waals surface area (Å²) in [6.45, 7) is -4.55. The largest absolute Gasteiger partial charge is 0.424 e. The summed E-state index contributed by atoms with van der Waals surface area (Å²) in [6, 6.07) is 6.77. The molecule has 15 heteroatoms. The normalized spacial score (nSPS) is 32.0. The molecule has 4 rings (SSSR count). The molecule has 3 N–H and O–H groups in total. The van der Waals surface area contributed by atoms with Gasteiger partial charge in [0, 0.05) is 23.6 Å². The molecule has 0 amide bonds. The van der Waals surface area contributed by atoms with E-state index in [1.807, 2.05) is 4.98 Å². The van der Waals surface area contributed by atoms with Crippen LogP contribution in [0.2, 0.25) is 5.02 Å². The van der Waals surface area contributed by atoms with Gasteiger partial charge in [0.2, 0.25) is 0 Å². The first-order valence-corrected chi connectivity index (χ1v) is 12.0. The van der Waals surface area contributed by atoms with Gasteiger partial charge >= 0.3 is 12.4 Å². The standard InChI is InChI=1S/C17H16ClF2N2O8PS/c18-9-5-22(16(26)21-13(9)25)14-11(23)12(24)17(29-14,15(19)20)7-28-31(32)27-6-8-3-1-2-4-10(8)30-31/h1-5,11-12,14-15,23-24H,6-7H2,(H,21,25,26)/t11-,12+,14-,17-,31?/m1/s1. The Morgan fingerprint density at radius 3 is 2.81 bits per heavy atom. The van der Waals surface area contributed by atoms with Crippen LogP contribution in [0.15, 0.2) is 40.1 Å². The number of hydrogen-bond donors (Lipinski definition) is 3. The van der Waals surface area contributed by atoms with Gasteiger partial charge in [0.1, 0.15) is 23.0 Å². The monoisotopic (exact) mass is 512 g/mol. The zero-order chi connectivity index (χ0) is 23.3. The van der Waals surface area contributed by atoms with Crippen molar-refractivity contribution < 1.29 is 37.3 Å². The highest BCUT2D eigenvalue weighted by Gasteiger charge is 2.61. The van der Waals surface area contributed by atoms with Crippen molar-refractivity contribution in [2.45, 2.75) is 37.1 Å². The molecule has 10 nitrogen and oxygen atoms in total. The lowest BCUT2D eigenvalue weighted by Gasteiger charge is -2.34. The van der Waals surface area contributed by atoms with Crippen LogP contribution in [0.5, 0.6) is 5.75 Å². The van der Waals surface area contributed by atoms with Crippen molar-refractivity contribution in [3.05, 3.63) is 61.9 Å². The number of para-hydroxylation sites is 1. The molecule has 2 aliphatic heterocycles. The molecule has 3 heterocycles. The predicted octanol–water partition coefficient (Wildman–Crippen LogP) is 1.29. The molecular weight excluding hydrogens is 497 g/mol. The third-order valence-electron chi connectivity index (χ3n) is 5.03. The fraction of sp³-hybridized carbons (Fsp3) is 0.412. The van der Waals surface area contributed by atoms with Crippen molar-refractivity contribution in [1.29, 1.82) is 0 Å². The van der Waals surface area contributed by atoms with Crippen molar-refractivity contribution in [2.24, 2.45) is 0 Å². The van der Waals surface area contributed by atoms with E-state index in [1.54, 1.807) is 24.3 Å². The number of rotatable bonds is 5. The van der Waals surface area contributed by atoms with Gasteiger partial charge in [-0.1, -0.05) is 29.8 Å². The lowest BCUT2D eigenvalue weighted by atomic mass is 9.96. The van der Waals surface area contributed by atoms with Crippen LogP contribution in [-0.2, 0) is 32.2 Å². The van der Waals surface area contributed by atoms with E-state index >= 15 is 0 Å². The van der Waals surface area contributed by atoms with Crippen LogP contribution in [0.4, 0.5) is 8.78 Å². The Hall–Kier alpha value is -1.70. The molecule has 0 bridgehead atoms. The number of aromatic amines is 1. The maximum Gasteiger partial charge on any atom is 0.381 e. The zero-order valence-corrected chi connectivity index (χ0v) is 18.4. The van der Waals surface area contributed by atoms with E-state index in [0.717, 1.165) is 6.20 Å². The van der Waals surface area contributed by atoms with Crippen molar-refractivity contribution in [3.63, 3.8) is 0 Å². The topological polar surface area (TPSA) is 132 Å². The number of ether oxygens (including phenoxy) is 1. The lowest BCUT2D eigenvalue weighted by Crippen LogP contribution is -2.52. The number of aromatic nitrogens is 2. The minimum absolute atomic E-state index is 0.0229. The molecule has 1 aromatic carbocycles. The van der Waals surface area contributed by atoms with Crippen molar-refractivity contribution >= 4 is 30.1 Å². The van der Waals surface area contributed by atoms with Gasteiger partial charge in [-0.2, -0.15) is 0 Å². The van der Waals surface area contributed by atoms with E-state index in [2.05, 4.69) is 0 Å². The number of aliphatic hydroxyl groups is 2. The number of hydrogen-bond acceptors (Lipinski definition) is 9. The molecule has 1 fully saturated rings. The number of H-pyrrole nitrogens is 1. The first-order chi connectivity index (χ1) is 15.1. The van der Waals surface area contributed by atoms with E-state index in [-0.39, 0.29) is 6.61 Å². The van der Waals surface area contributed by atoms with E-state index in [1.165, 1.54) is 0 Å². The average Bonchev–Trinajstić information content (AvgIpc) is 3.01. The predicted molar refractivity (Wildman–Crippen MR) is 109 cm³/mol. The highest BCUT2D eigenvalue weighted by atomic mass is 35.5. The molecular formula is C17H16ClF2N2O8PS. The third kappa shape index (κ3) is 4.03. The van der Waals surface area contributed by atoms with Crippen LogP contribution in [0.3, 0.4) is 0 Å². The molecule has 1 unspecified atom stereocenters. The number of benzene rings is 1. The van der Waals surface area contributed by atoms with Gasteiger partial charge in [-0.3, -0.25) is 23.4 Å². The molecule has 2 aromatic rings. The fourth-order valence-electron chi connectivity index (χ4n) is 3.29. The number of nitrogens with one attached hydrogen (secondary N) is 1. The Bertz CT molecular complexity index is 1200. The second-order valence-electron chi connectivity index (χ2n) is 7.04. The first kappa shape index (κ1) is 23.5. The quantitative estimate of drug-likeness (QED) is 0.507. The van der Waals surface area contributed by atoms with Gasteiger partial charge in [0.15, 0.2) is 11.8 Å². The molecule has 32 heavy (non-hydrogen) atoms.